The first-order valence-corrected chi connectivity index (χ1v) is 6.61. The molecule has 1 atom stereocenters. The monoisotopic (exact) mass is 335 g/mol. The van der Waals surface area contributed by atoms with Crippen molar-refractivity contribution in [1.29, 1.82) is 0 Å². The normalized spacial score (nSPS) is 11.4. The lowest BCUT2D eigenvalue weighted by Gasteiger charge is -2.18. The smallest absolute Gasteiger partial charge is 0.269 e. The molecule has 0 aliphatic rings. The van der Waals surface area contributed by atoms with E-state index in [1.54, 1.807) is 7.05 Å². The van der Waals surface area contributed by atoms with Gasteiger partial charge in [0.2, 0.25) is 5.91 Å². The van der Waals surface area contributed by atoms with Crippen LogP contribution in [0.3, 0.4) is 0 Å². The van der Waals surface area contributed by atoms with E-state index in [1.165, 1.54) is 23.1 Å². The number of rotatable bonds is 6. The van der Waals surface area contributed by atoms with E-state index >= 15 is 0 Å². The minimum Gasteiger partial charge on any atom is -0.341 e. The SMILES string of the molecule is CC(N)CCC(=O)N(C)Cc1cc([N+](=O)[O-])ccc1Cl.Cl. The van der Waals surface area contributed by atoms with E-state index in [0.717, 1.165) is 0 Å². The molecule has 0 saturated heterocycles. The van der Waals surface area contributed by atoms with Gasteiger partial charge in [-0.05, 0) is 25.0 Å². The first-order chi connectivity index (χ1) is 9.31. The summed E-state index contributed by atoms with van der Waals surface area (Å²) in [5, 5.41) is 11.1. The molecule has 1 amide bonds. The van der Waals surface area contributed by atoms with Gasteiger partial charge in [0.1, 0.15) is 0 Å². The highest BCUT2D eigenvalue weighted by atomic mass is 35.5. The van der Waals surface area contributed by atoms with Gasteiger partial charge < -0.3 is 10.6 Å². The molecule has 0 aromatic heterocycles. The van der Waals surface area contributed by atoms with E-state index in [9.17, 15) is 14.9 Å². The summed E-state index contributed by atoms with van der Waals surface area (Å²) in [6.07, 6.45) is 0.951. The minimum atomic E-state index is -0.488. The average molecular weight is 336 g/mol. The van der Waals surface area contributed by atoms with E-state index in [1.807, 2.05) is 6.92 Å². The number of hydrogen-bond acceptors (Lipinski definition) is 4. The fourth-order valence-corrected chi connectivity index (χ4v) is 1.86. The lowest BCUT2D eigenvalue weighted by Crippen LogP contribution is -2.28. The van der Waals surface area contributed by atoms with Crippen molar-refractivity contribution in [1.82, 2.24) is 4.90 Å². The molecule has 1 rings (SSSR count). The molecule has 1 unspecified atom stereocenters. The second kappa shape index (κ2) is 8.81. The molecule has 8 heteroatoms. The molecule has 118 valence electrons. The van der Waals surface area contributed by atoms with Crippen molar-refractivity contribution < 1.29 is 9.72 Å². The molecule has 0 heterocycles. The van der Waals surface area contributed by atoms with Crippen molar-refractivity contribution in [3.8, 4) is 0 Å². The number of nitrogens with zero attached hydrogens (tertiary/aromatic N) is 2. The quantitative estimate of drug-likeness (QED) is 0.639. The van der Waals surface area contributed by atoms with Crippen molar-refractivity contribution >= 4 is 35.6 Å². The Labute approximate surface area is 134 Å². The summed E-state index contributed by atoms with van der Waals surface area (Å²) >= 11 is 6.00. The largest absolute Gasteiger partial charge is 0.341 e. The van der Waals surface area contributed by atoms with Gasteiger partial charge in [-0.15, -0.1) is 12.4 Å². The van der Waals surface area contributed by atoms with Gasteiger partial charge in [0, 0.05) is 43.2 Å². The Kier molecular flexibility index (Phi) is 8.24. The minimum absolute atomic E-state index is 0. The molecular weight excluding hydrogens is 317 g/mol. The first kappa shape index (κ1) is 19.6. The Hall–Kier alpha value is -1.37. The maximum atomic E-state index is 11.9. The molecule has 0 saturated carbocycles. The van der Waals surface area contributed by atoms with Gasteiger partial charge in [-0.25, -0.2) is 0 Å². The predicted octanol–water partition coefficient (Wildman–Crippen LogP) is 2.76. The maximum absolute atomic E-state index is 11.9. The predicted molar refractivity (Wildman–Crippen MR) is 84.7 cm³/mol. The van der Waals surface area contributed by atoms with E-state index in [4.69, 9.17) is 17.3 Å². The number of carbonyl (C=O) groups excluding carboxylic acids is 1. The maximum Gasteiger partial charge on any atom is 0.269 e. The molecule has 1 aromatic rings. The van der Waals surface area contributed by atoms with Crippen LogP contribution in [0.1, 0.15) is 25.3 Å². The molecule has 0 spiro atoms. The van der Waals surface area contributed by atoms with Gasteiger partial charge in [-0.3, -0.25) is 14.9 Å². The lowest BCUT2D eigenvalue weighted by molar-refractivity contribution is -0.384. The number of nitro benzene ring substituents is 1. The Morgan fingerprint density at radius 3 is 2.67 bits per heavy atom. The molecule has 0 radical (unpaired) electrons. The van der Waals surface area contributed by atoms with Crippen LogP contribution in [0.15, 0.2) is 18.2 Å². The topological polar surface area (TPSA) is 89.5 Å². The van der Waals surface area contributed by atoms with Crippen LogP contribution in [0.4, 0.5) is 5.69 Å². The van der Waals surface area contributed by atoms with Gasteiger partial charge in [0.25, 0.3) is 5.69 Å². The van der Waals surface area contributed by atoms with Crippen LogP contribution in [0, 0.1) is 10.1 Å². The zero-order chi connectivity index (χ0) is 15.3. The number of carbonyl (C=O) groups is 1. The van der Waals surface area contributed by atoms with Gasteiger partial charge in [0.05, 0.1) is 4.92 Å². The van der Waals surface area contributed by atoms with Crippen LogP contribution >= 0.6 is 24.0 Å². The molecule has 0 bridgehead atoms. The summed E-state index contributed by atoms with van der Waals surface area (Å²) in [5.41, 5.74) is 6.12. The molecule has 21 heavy (non-hydrogen) atoms. The molecule has 1 aromatic carbocycles. The highest BCUT2D eigenvalue weighted by Crippen LogP contribution is 2.23. The summed E-state index contributed by atoms with van der Waals surface area (Å²) in [6, 6.07) is 4.16. The highest BCUT2D eigenvalue weighted by Gasteiger charge is 2.14. The van der Waals surface area contributed by atoms with Gasteiger partial charge in [0.15, 0.2) is 0 Å². The second-order valence-corrected chi connectivity index (χ2v) is 5.21. The number of hydrogen-bond donors (Lipinski definition) is 1. The van der Waals surface area contributed by atoms with Gasteiger partial charge in [-0.1, -0.05) is 11.6 Å². The number of non-ortho nitro benzene ring substituents is 1. The lowest BCUT2D eigenvalue weighted by atomic mass is 10.1. The van der Waals surface area contributed by atoms with Crippen molar-refractivity contribution in [3.05, 3.63) is 38.9 Å². The summed E-state index contributed by atoms with van der Waals surface area (Å²) in [6.45, 7) is 2.07. The third-order valence-electron chi connectivity index (χ3n) is 2.89. The van der Waals surface area contributed by atoms with Crippen molar-refractivity contribution in [2.24, 2.45) is 5.73 Å². The number of nitro groups is 1. The van der Waals surface area contributed by atoms with Crippen LogP contribution in [0.2, 0.25) is 5.02 Å². The van der Waals surface area contributed by atoms with E-state index in [-0.39, 0.29) is 36.6 Å². The molecule has 6 nitrogen and oxygen atoms in total. The summed E-state index contributed by atoms with van der Waals surface area (Å²) < 4.78 is 0. The Bertz CT molecular complexity index is 509. The molecule has 0 fully saturated rings. The molecule has 0 aliphatic carbocycles. The fraction of sp³-hybridized carbons (Fsp3) is 0.462. The standard InChI is InChI=1S/C13H18ClN3O3.ClH/c1-9(15)3-6-13(18)16(2)8-10-7-11(17(19)20)4-5-12(10)14;/h4-5,7,9H,3,6,8,15H2,1-2H3;1H. The van der Waals surface area contributed by atoms with Crippen LogP contribution in [0.5, 0.6) is 0 Å². The molecular formula is C13H19Cl2N3O3. The Morgan fingerprint density at radius 2 is 2.14 bits per heavy atom. The number of amides is 1. The fourth-order valence-electron chi connectivity index (χ4n) is 1.68. The van der Waals surface area contributed by atoms with Crippen LogP contribution in [-0.2, 0) is 11.3 Å². The third-order valence-corrected chi connectivity index (χ3v) is 3.26. The van der Waals surface area contributed by atoms with E-state index in [2.05, 4.69) is 0 Å². The zero-order valence-corrected chi connectivity index (χ0v) is 13.5. The first-order valence-electron chi connectivity index (χ1n) is 6.23. The van der Waals surface area contributed by atoms with Crippen molar-refractivity contribution in [2.75, 3.05) is 7.05 Å². The highest BCUT2D eigenvalue weighted by molar-refractivity contribution is 6.31. The molecule has 0 aliphatic heterocycles. The molecule has 2 N–H and O–H groups in total. The number of nitrogens with two attached hydrogens (primary N) is 1. The van der Waals surface area contributed by atoms with Gasteiger partial charge in [-0.2, -0.15) is 0 Å². The van der Waals surface area contributed by atoms with Crippen LogP contribution in [0.25, 0.3) is 0 Å². The summed E-state index contributed by atoms with van der Waals surface area (Å²) in [4.78, 5) is 23.6. The summed E-state index contributed by atoms with van der Waals surface area (Å²) in [7, 11) is 1.64. The van der Waals surface area contributed by atoms with Crippen LogP contribution < -0.4 is 5.73 Å². The van der Waals surface area contributed by atoms with E-state index in [0.29, 0.717) is 23.4 Å². The average Bonchev–Trinajstić information content (AvgIpc) is 2.37. The summed E-state index contributed by atoms with van der Waals surface area (Å²) in [5.74, 6) is -0.0649. The number of benzene rings is 1. The van der Waals surface area contributed by atoms with Crippen LogP contribution in [-0.4, -0.2) is 28.8 Å². The zero-order valence-electron chi connectivity index (χ0n) is 11.9. The number of halogens is 2. The third kappa shape index (κ3) is 6.29. The van der Waals surface area contributed by atoms with Crippen molar-refractivity contribution in [2.45, 2.75) is 32.4 Å². The van der Waals surface area contributed by atoms with Crippen molar-refractivity contribution in [3.63, 3.8) is 0 Å². The second-order valence-electron chi connectivity index (χ2n) is 4.80. The van der Waals surface area contributed by atoms with E-state index < -0.39 is 4.92 Å². The Balaban J connectivity index is 0.00000400. The van der Waals surface area contributed by atoms with Gasteiger partial charge >= 0.3 is 0 Å². The Morgan fingerprint density at radius 1 is 1.52 bits per heavy atom.